The number of rotatable bonds is 8. The molecule has 3 N–H and O–H groups in total. The lowest BCUT2D eigenvalue weighted by Crippen LogP contribution is -2.54. The maximum absolute atomic E-state index is 13.2. The average Bonchev–Trinajstić information content (AvgIpc) is 3.21. The van der Waals surface area contributed by atoms with Gasteiger partial charge in [-0.1, -0.05) is 19.1 Å². The fourth-order valence-electron chi connectivity index (χ4n) is 3.84. The summed E-state index contributed by atoms with van der Waals surface area (Å²) in [6.07, 6.45) is 1.33. The molecule has 0 radical (unpaired) electrons. The molecule has 1 saturated heterocycles. The Balaban J connectivity index is 1.53. The summed E-state index contributed by atoms with van der Waals surface area (Å²) in [5.74, 6) is 0. The van der Waals surface area contributed by atoms with Gasteiger partial charge >= 0.3 is 0 Å². The van der Waals surface area contributed by atoms with Crippen LogP contribution in [-0.2, 0) is 0 Å². The summed E-state index contributed by atoms with van der Waals surface area (Å²) >= 11 is 0. The molecule has 30 heavy (non-hydrogen) atoms. The molecule has 1 unspecified atom stereocenters. The predicted octanol–water partition coefficient (Wildman–Crippen LogP) is 3.07. The second-order valence-electron chi connectivity index (χ2n) is 7.47. The van der Waals surface area contributed by atoms with Crippen LogP contribution in [-0.4, -0.2) is 61.3 Å². The Morgan fingerprint density at radius 1 is 1.17 bits per heavy atom. The first kappa shape index (κ1) is 20.6. The van der Waals surface area contributed by atoms with E-state index in [2.05, 4.69) is 58.3 Å². The molecule has 4 rings (SSSR count). The molecule has 2 aromatic heterocycles. The van der Waals surface area contributed by atoms with Crippen molar-refractivity contribution in [2.75, 3.05) is 49.5 Å². The number of aromatic nitrogens is 2. The number of halogens is 2. The summed E-state index contributed by atoms with van der Waals surface area (Å²) in [5.41, 5.74) is 5.09. The normalized spacial score (nSPS) is 17.1. The average molecular weight is 415 g/mol. The highest BCUT2D eigenvalue weighted by Crippen LogP contribution is 2.29. The standard InChI is InChI=1S/C22H28F2N6/c1-2-25-9-10-26-18-5-3-16(4-6-18)17-13-21-20(7-8-28-30(21)14-17)29-12-11-27-19(15-29)22(23)24/h3-8,13-14,19,22,25-27H,2,9-12,15H2,1H3. The topological polar surface area (TPSA) is 56.6 Å². The molecule has 1 aliphatic heterocycles. The molecule has 0 amide bonds. The molecule has 8 heteroatoms. The summed E-state index contributed by atoms with van der Waals surface area (Å²) in [4.78, 5) is 2.02. The van der Waals surface area contributed by atoms with Crippen molar-refractivity contribution in [3.05, 3.63) is 48.8 Å². The van der Waals surface area contributed by atoms with Crippen molar-refractivity contribution in [2.45, 2.75) is 19.4 Å². The highest BCUT2D eigenvalue weighted by molar-refractivity contribution is 5.80. The Kier molecular flexibility index (Phi) is 6.44. The Morgan fingerprint density at radius 2 is 2.00 bits per heavy atom. The van der Waals surface area contributed by atoms with E-state index in [-0.39, 0.29) is 6.54 Å². The number of fused-ring (bicyclic) bond motifs is 1. The van der Waals surface area contributed by atoms with E-state index in [9.17, 15) is 8.78 Å². The molecule has 0 bridgehead atoms. The lowest BCUT2D eigenvalue weighted by atomic mass is 10.1. The van der Waals surface area contributed by atoms with Gasteiger partial charge in [-0.25, -0.2) is 13.3 Å². The van der Waals surface area contributed by atoms with Crippen LogP contribution in [0.2, 0.25) is 0 Å². The maximum Gasteiger partial charge on any atom is 0.255 e. The number of nitrogens with zero attached hydrogens (tertiary/aromatic N) is 3. The minimum absolute atomic E-state index is 0.283. The van der Waals surface area contributed by atoms with Gasteiger partial charge in [0.05, 0.1) is 17.2 Å². The first-order valence-electron chi connectivity index (χ1n) is 10.4. The van der Waals surface area contributed by atoms with Crippen molar-refractivity contribution in [3.63, 3.8) is 0 Å². The van der Waals surface area contributed by atoms with Crippen molar-refractivity contribution in [2.24, 2.45) is 0 Å². The number of benzene rings is 1. The second-order valence-corrected chi connectivity index (χ2v) is 7.47. The van der Waals surface area contributed by atoms with Crippen LogP contribution < -0.4 is 20.9 Å². The van der Waals surface area contributed by atoms with E-state index in [0.717, 1.165) is 47.7 Å². The van der Waals surface area contributed by atoms with Crippen molar-refractivity contribution in [3.8, 4) is 11.1 Å². The number of hydrogen-bond donors (Lipinski definition) is 3. The third-order valence-corrected chi connectivity index (χ3v) is 5.44. The minimum Gasteiger partial charge on any atom is -0.384 e. The molecule has 1 fully saturated rings. The lowest BCUT2D eigenvalue weighted by molar-refractivity contribution is 0.0958. The SMILES string of the molecule is CCNCCNc1ccc(-c2cc3c(N4CCNC(C(F)F)C4)ccnn3c2)cc1. The highest BCUT2D eigenvalue weighted by atomic mass is 19.3. The molecule has 1 atom stereocenters. The molecule has 0 spiro atoms. The van der Waals surface area contributed by atoms with Crippen LogP contribution in [0.3, 0.4) is 0 Å². The van der Waals surface area contributed by atoms with Gasteiger partial charge in [-0.05, 0) is 36.4 Å². The van der Waals surface area contributed by atoms with Crippen LogP contribution in [0.1, 0.15) is 6.92 Å². The predicted molar refractivity (Wildman–Crippen MR) is 118 cm³/mol. The minimum atomic E-state index is -2.38. The van der Waals surface area contributed by atoms with E-state index in [4.69, 9.17) is 0 Å². The van der Waals surface area contributed by atoms with E-state index in [1.165, 1.54) is 0 Å². The number of piperazine rings is 1. The zero-order valence-electron chi connectivity index (χ0n) is 17.1. The summed E-state index contributed by atoms with van der Waals surface area (Å²) in [7, 11) is 0. The molecule has 6 nitrogen and oxygen atoms in total. The van der Waals surface area contributed by atoms with Crippen molar-refractivity contribution in [1.82, 2.24) is 20.2 Å². The van der Waals surface area contributed by atoms with Crippen molar-refractivity contribution in [1.29, 1.82) is 0 Å². The molecule has 0 aliphatic carbocycles. The summed E-state index contributed by atoms with van der Waals surface area (Å²) in [5, 5.41) is 14.0. The zero-order valence-corrected chi connectivity index (χ0v) is 17.1. The molecule has 3 aromatic rings. The van der Waals surface area contributed by atoms with Gasteiger partial charge in [-0.3, -0.25) is 0 Å². The Hall–Kier alpha value is -2.71. The summed E-state index contributed by atoms with van der Waals surface area (Å²) < 4.78 is 28.2. The van der Waals surface area contributed by atoms with Crippen LogP contribution >= 0.6 is 0 Å². The van der Waals surface area contributed by atoms with E-state index >= 15 is 0 Å². The van der Waals surface area contributed by atoms with Gasteiger partial charge in [-0.2, -0.15) is 5.10 Å². The number of anilines is 2. The molecule has 160 valence electrons. The van der Waals surface area contributed by atoms with Gasteiger partial charge in [0.25, 0.3) is 6.43 Å². The fourth-order valence-corrected chi connectivity index (χ4v) is 3.84. The molecule has 0 saturated carbocycles. The first-order valence-corrected chi connectivity index (χ1v) is 10.4. The van der Waals surface area contributed by atoms with Gasteiger partial charge in [-0.15, -0.1) is 0 Å². The van der Waals surface area contributed by atoms with Gasteiger partial charge in [0, 0.05) is 56.4 Å². The Bertz CT molecular complexity index is 956. The maximum atomic E-state index is 13.2. The van der Waals surface area contributed by atoms with E-state index in [1.54, 1.807) is 6.20 Å². The third kappa shape index (κ3) is 4.55. The number of hydrogen-bond acceptors (Lipinski definition) is 5. The monoisotopic (exact) mass is 414 g/mol. The first-order chi connectivity index (χ1) is 14.7. The molecular formula is C22H28F2N6. The molecule has 3 heterocycles. The van der Waals surface area contributed by atoms with E-state index in [1.807, 2.05) is 21.7 Å². The molecular weight excluding hydrogens is 386 g/mol. The number of nitrogens with one attached hydrogen (secondary N) is 3. The fraction of sp³-hybridized carbons (Fsp3) is 0.409. The van der Waals surface area contributed by atoms with Crippen LogP contribution in [0, 0.1) is 0 Å². The van der Waals surface area contributed by atoms with Gasteiger partial charge in [0.1, 0.15) is 0 Å². The molecule has 1 aliphatic rings. The van der Waals surface area contributed by atoms with Gasteiger partial charge in [0.2, 0.25) is 0 Å². The van der Waals surface area contributed by atoms with E-state index < -0.39 is 12.5 Å². The Labute approximate surface area is 175 Å². The van der Waals surface area contributed by atoms with Crippen LogP contribution in [0.25, 0.3) is 16.6 Å². The van der Waals surface area contributed by atoms with Crippen LogP contribution in [0.5, 0.6) is 0 Å². The smallest absolute Gasteiger partial charge is 0.255 e. The van der Waals surface area contributed by atoms with Crippen LogP contribution in [0.15, 0.2) is 48.8 Å². The quantitative estimate of drug-likeness (QED) is 0.495. The summed E-state index contributed by atoms with van der Waals surface area (Å²) in [6.45, 7) is 6.38. The molecule has 1 aromatic carbocycles. The zero-order chi connectivity index (χ0) is 20.9. The highest BCUT2D eigenvalue weighted by Gasteiger charge is 2.27. The Morgan fingerprint density at radius 3 is 2.77 bits per heavy atom. The van der Waals surface area contributed by atoms with Crippen molar-refractivity contribution >= 4 is 16.9 Å². The number of alkyl halides is 2. The van der Waals surface area contributed by atoms with Crippen molar-refractivity contribution < 1.29 is 8.78 Å². The largest absolute Gasteiger partial charge is 0.384 e. The van der Waals surface area contributed by atoms with Crippen LogP contribution in [0.4, 0.5) is 20.2 Å². The van der Waals surface area contributed by atoms with Gasteiger partial charge in [0.15, 0.2) is 0 Å². The second kappa shape index (κ2) is 9.40. The van der Waals surface area contributed by atoms with E-state index in [0.29, 0.717) is 13.1 Å². The van der Waals surface area contributed by atoms with Gasteiger partial charge < -0.3 is 20.9 Å². The third-order valence-electron chi connectivity index (χ3n) is 5.44. The number of likely N-dealkylation sites (N-methyl/N-ethyl adjacent to an activating group) is 1. The summed E-state index contributed by atoms with van der Waals surface area (Å²) in [6, 6.07) is 11.5. The lowest BCUT2D eigenvalue weighted by Gasteiger charge is -2.35.